The number of nitrogens with zero attached hydrogens (tertiary/aromatic N) is 4. The van der Waals surface area contributed by atoms with Crippen molar-refractivity contribution in [2.45, 2.75) is 13.1 Å². The first-order chi connectivity index (χ1) is 13.8. The number of methoxy groups -OCH3 is 1. The lowest BCUT2D eigenvalue weighted by Crippen LogP contribution is -2.06. The molecular weight excluding hydrogens is 385 g/mol. The summed E-state index contributed by atoms with van der Waals surface area (Å²) in [5, 5.41) is 0. The predicted octanol–water partition coefficient (Wildman–Crippen LogP) is 3.97. The second-order valence-electron chi connectivity index (χ2n) is 6.07. The zero-order chi connectivity index (χ0) is 21.0. The lowest BCUT2D eigenvalue weighted by atomic mass is 10.1. The van der Waals surface area contributed by atoms with Crippen molar-refractivity contribution in [2.24, 2.45) is 0 Å². The molecule has 0 saturated heterocycles. The number of aryl methyl sites for hydroxylation is 1. The third-order valence-corrected chi connectivity index (χ3v) is 3.91. The Morgan fingerprint density at radius 2 is 1.86 bits per heavy atom. The molecule has 0 amide bonds. The van der Waals surface area contributed by atoms with Gasteiger partial charge in [-0.15, -0.1) is 0 Å². The number of halogens is 3. The van der Waals surface area contributed by atoms with Crippen LogP contribution in [0.2, 0.25) is 0 Å². The number of benzene rings is 1. The fourth-order valence-electron chi connectivity index (χ4n) is 2.62. The van der Waals surface area contributed by atoms with Gasteiger partial charge in [0.1, 0.15) is 6.33 Å². The summed E-state index contributed by atoms with van der Waals surface area (Å²) in [4.78, 5) is 28.3. The first kappa shape index (κ1) is 20.1. The summed E-state index contributed by atoms with van der Waals surface area (Å²) < 4.78 is 44.1. The van der Waals surface area contributed by atoms with Gasteiger partial charge in [-0.2, -0.15) is 13.2 Å². The van der Waals surface area contributed by atoms with Gasteiger partial charge in [-0.25, -0.2) is 24.7 Å². The summed E-state index contributed by atoms with van der Waals surface area (Å²) in [5.41, 5.74) is 0.738. The molecule has 0 radical (unpaired) electrons. The number of rotatable bonds is 4. The molecule has 29 heavy (non-hydrogen) atoms. The number of aromatic nitrogens is 4. The highest BCUT2D eigenvalue weighted by Gasteiger charge is 2.31. The molecular formula is C20H15F3N4O2. The zero-order valence-electron chi connectivity index (χ0n) is 15.4. The molecule has 0 spiro atoms. The van der Waals surface area contributed by atoms with Crippen LogP contribution in [-0.4, -0.2) is 33.0 Å². The first-order valence-electron chi connectivity index (χ1n) is 8.35. The molecule has 0 aliphatic carbocycles. The van der Waals surface area contributed by atoms with E-state index < -0.39 is 17.7 Å². The Kier molecular flexibility index (Phi) is 5.67. The lowest BCUT2D eigenvalue weighted by molar-refractivity contribution is -0.137. The van der Waals surface area contributed by atoms with Gasteiger partial charge in [0.05, 0.1) is 23.9 Å². The van der Waals surface area contributed by atoms with Gasteiger partial charge in [-0.05, 0) is 42.8 Å². The van der Waals surface area contributed by atoms with E-state index in [4.69, 9.17) is 4.74 Å². The fraction of sp³-hybridized carbons (Fsp3) is 0.150. The Morgan fingerprint density at radius 1 is 1.14 bits per heavy atom. The number of esters is 1. The second-order valence-corrected chi connectivity index (χ2v) is 6.07. The quantitative estimate of drug-likeness (QED) is 0.487. The van der Waals surface area contributed by atoms with E-state index in [-0.39, 0.29) is 17.0 Å². The maximum Gasteiger partial charge on any atom is 0.416 e. The molecule has 0 unspecified atom stereocenters. The van der Waals surface area contributed by atoms with Crippen LogP contribution in [0.25, 0.3) is 23.0 Å². The predicted molar refractivity (Wildman–Crippen MR) is 99.1 cm³/mol. The minimum absolute atomic E-state index is 0.0986. The molecule has 148 valence electrons. The van der Waals surface area contributed by atoms with Crippen molar-refractivity contribution < 1.29 is 22.7 Å². The van der Waals surface area contributed by atoms with Crippen molar-refractivity contribution in [1.29, 1.82) is 0 Å². The molecule has 3 rings (SSSR count). The standard InChI is InChI=1S/C20H15F3N4O2/c1-12-5-13(7-15(6-12)20(21,22)23)18-26-4-3-16(27-18)8-17(19(28)29-2)14-9-24-11-25-10-14/h3-11H,1-2H3/b17-8+. The summed E-state index contributed by atoms with van der Waals surface area (Å²) in [7, 11) is 1.23. The van der Waals surface area contributed by atoms with E-state index in [0.29, 0.717) is 16.8 Å². The van der Waals surface area contributed by atoms with E-state index >= 15 is 0 Å². The van der Waals surface area contributed by atoms with Crippen LogP contribution < -0.4 is 0 Å². The van der Waals surface area contributed by atoms with Gasteiger partial charge < -0.3 is 4.74 Å². The minimum atomic E-state index is -4.48. The molecule has 0 aliphatic heterocycles. The highest BCUT2D eigenvalue weighted by molar-refractivity contribution is 6.21. The SMILES string of the molecule is COC(=O)/C(=C/c1ccnc(-c2cc(C)cc(C(F)(F)F)c2)n1)c1cncnc1. The number of ether oxygens (including phenoxy) is 1. The summed E-state index contributed by atoms with van der Waals surface area (Å²) in [5.74, 6) is -0.531. The van der Waals surface area contributed by atoms with E-state index in [1.807, 2.05) is 0 Å². The van der Waals surface area contributed by atoms with E-state index in [2.05, 4.69) is 19.9 Å². The van der Waals surface area contributed by atoms with Crippen molar-refractivity contribution in [3.8, 4) is 11.4 Å². The van der Waals surface area contributed by atoms with Crippen molar-refractivity contribution in [2.75, 3.05) is 7.11 Å². The van der Waals surface area contributed by atoms with Gasteiger partial charge in [0.25, 0.3) is 0 Å². The summed E-state index contributed by atoms with van der Waals surface area (Å²) in [6, 6.07) is 5.13. The van der Waals surface area contributed by atoms with Crippen LogP contribution in [0.5, 0.6) is 0 Å². The summed E-state index contributed by atoms with van der Waals surface area (Å²) in [6.45, 7) is 1.56. The molecule has 6 nitrogen and oxygen atoms in total. The van der Waals surface area contributed by atoms with Crippen molar-refractivity contribution in [3.63, 3.8) is 0 Å². The largest absolute Gasteiger partial charge is 0.465 e. The Hall–Kier alpha value is -3.62. The molecule has 1 aromatic carbocycles. The molecule has 0 fully saturated rings. The van der Waals surface area contributed by atoms with Crippen molar-refractivity contribution in [1.82, 2.24) is 19.9 Å². The minimum Gasteiger partial charge on any atom is -0.465 e. The third kappa shape index (κ3) is 4.81. The lowest BCUT2D eigenvalue weighted by Gasteiger charge is -2.10. The van der Waals surface area contributed by atoms with Crippen LogP contribution in [0.3, 0.4) is 0 Å². The average molecular weight is 400 g/mol. The van der Waals surface area contributed by atoms with Crippen LogP contribution >= 0.6 is 0 Å². The molecule has 0 aliphatic rings. The van der Waals surface area contributed by atoms with Gasteiger partial charge in [0.2, 0.25) is 0 Å². The monoisotopic (exact) mass is 400 g/mol. The zero-order valence-corrected chi connectivity index (χ0v) is 15.4. The molecule has 0 bridgehead atoms. The first-order valence-corrected chi connectivity index (χ1v) is 8.35. The van der Waals surface area contributed by atoms with Crippen LogP contribution in [0.1, 0.15) is 22.4 Å². The summed E-state index contributed by atoms with van der Waals surface area (Å²) >= 11 is 0. The van der Waals surface area contributed by atoms with Gasteiger partial charge in [0.15, 0.2) is 5.82 Å². The second kappa shape index (κ2) is 8.17. The van der Waals surface area contributed by atoms with E-state index in [1.165, 1.54) is 44.2 Å². The number of carbonyl (C=O) groups excluding carboxylic acids is 1. The Bertz CT molecular complexity index is 1070. The Labute approximate surface area is 164 Å². The van der Waals surface area contributed by atoms with Crippen molar-refractivity contribution in [3.05, 3.63) is 71.6 Å². The molecule has 9 heteroatoms. The molecule has 2 aromatic heterocycles. The van der Waals surface area contributed by atoms with E-state index in [0.717, 1.165) is 12.1 Å². The highest BCUT2D eigenvalue weighted by Crippen LogP contribution is 2.32. The smallest absolute Gasteiger partial charge is 0.416 e. The fourth-order valence-corrected chi connectivity index (χ4v) is 2.62. The normalized spacial score (nSPS) is 12.0. The third-order valence-electron chi connectivity index (χ3n) is 3.91. The van der Waals surface area contributed by atoms with E-state index in [1.54, 1.807) is 13.0 Å². The van der Waals surface area contributed by atoms with Crippen LogP contribution in [0.15, 0.2) is 49.2 Å². The maximum absolute atomic E-state index is 13.1. The molecule has 0 saturated carbocycles. The van der Waals surface area contributed by atoms with Crippen LogP contribution in [-0.2, 0) is 15.7 Å². The molecule has 0 atom stereocenters. The molecule has 0 N–H and O–H groups in total. The molecule has 2 heterocycles. The van der Waals surface area contributed by atoms with Crippen molar-refractivity contribution >= 4 is 17.6 Å². The van der Waals surface area contributed by atoms with Gasteiger partial charge >= 0.3 is 12.1 Å². The van der Waals surface area contributed by atoms with Crippen LogP contribution in [0, 0.1) is 6.92 Å². The highest BCUT2D eigenvalue weighted by atomic mass is 19.4. The summed E-state index contributed by atoms with van der Waals surface area (Å²) in [6.07, 6.45) is 2.55. The van der Waals surface area contributed by atoms with E-state index in [9.17, 15) is 18.0 Å². The maximum atomic E-state index is 13.1. The molecule has 3 aromatic rings. The number of alkyl halides is 3. The van der Waals surface area contributed by atoms with Gasteiger partial charge in [0, 0.05) is 29.7 Å². The van der Waals surface area contributed by atoms with Gasteiger partial charge in [-0.3, -0.25) is 0 Å². The number of hydrogen-bond acceptors (Lipinski definition) is 6. The topological polar surface area (TPSA) is 77.9 Å². The van der Waals surface area contributed by atoms with Gasteiger partial charge in [-0.1, -0.05) is 0 Å². The number of carbonyl (C=O) groups is 1. The Morgan fingerprint density at radius 3 is 2.52 bits per heavy atom. The Balaban J connectivity index is 2.07. The van der Waals surface area contributed by atoms with Crippen LogP contribution in [0.4, 0.5) is 13.2 Å². The number of hydrogen-bond donors (Lipinski definition) is 0. The average Bonchev–Trinajstić information content (AvgIpc) is 2.71.